The monoisotopic (exact) mass is 218 g/mol. The van der Waals surface area contributed by atoms with Gasteiger partial charge in [-0.05, 0) is 26.1 Å². The molecule has 1 rings (SSSR count). The van der Waals surface area contributed by atoms with Gasteiger partial charge in [0.2, 0.25) is 0 Å². The Morgan fingerprint density at radius 3 is 3.00 bits per heavy atom. The zero-order valence-corrected chi connectivity index (χ0v) is 8.98. The van der Waals surface area contributed by atoms with E-state index < -0.39 is 17.6 Å². The van der Waals surface area contributed by atoms with Crippen LogP contribution in [0, 0.1) is 5.92 Å². The van der Waals surface area contributed by atoms with Gasteiger partial charge in [-0.25, -0.2) is 0 Å². The average Bonchev–Trinajstić information content (AvgIpc) is 2.01. The predicted molar refractivity (Wildman–Crippen MR) is 54.5 cm³/mol. The molecule has 0 radical (unpaired) electrons. The molecule has 0 amide bonds. The number of ether oxygens (including phenoxy) is 1. The van der Waals surface area contributed by atoms with Crippen molar-refractivity contribution in [2.75, 3.05) is 13.2 Å². The molecule has 1 fully saturated rings. The molecule has 1 saturated heterocycles. The van der Waals surface area contributed by atoms with Crippen molar-refractivity contribution in [3.8, 4) is 0 Å². The van der Waals surface area contributed by atoms with Crippen LogP contribution in [-0.4, -0.2) is 35.1 Å². The average molecular weight is 218 g/mol. The molecule has 2 atom stereocenters. The number of aliphatic hydroxyl groups is 1. The Hall–Kier alpha value is -0.880. The largest absolute Gasteiger partial charge is 0.466 e. The number of thiocarbonyl (C=S) groups is 1. The van der Waals surface area contributed by atoms with Crippen LogP contribution in [0.15, 0.2) is 0 Å². The first-order valence-corrected chi connectivity index (χ1v) is 4.83. The van der Waals surface area contributed by atoms with Crippen molar-refractivity contribution < 1.29 is 14.6 Å². The lowest BCUT2D eigenvalue weighted by atomic mass is 9.95. The Kier molecular flexibility index (Phi) is 3.28. The van der Waals surface area contributed by atoms with E-state index >= 15 is 0 Å². The zero-order valence-electron chi connectivity index (χ0n) is 8.16. The minimum atomic E-state index is -1.34. The molecule has 0 unspecified atom stereocenters. The first-order chi connectivity index (χ1) is 6.47. The molecule has 3 N–H and O–H groups in total. The van der Waals surface area contributed by atoms with Crippen LogP contribution in [0.2, 0.25) is 0 Å². The van der Waals surface area contributed by atoms with Crippen LogP contribution in [0.3, 0.4) is 0 Å². The lowest BCUT2D eigenvalue weighted by molar-refractivity contribution is -0.158. The van der Waals surface area contributed by atoms with Gasteiger partial charge < -0.3 is 20.5 Å². The Labute approximate surface area is 87.8 Å². The fourth-order valence-electron chi connectivity index (χ4n) is 1.31. The summed E-state index contributed by atoms with van der Waals surface area (Å²) < 4.78 is 4.83. The summed E-state index contributed by atoms with van der Waals surface area (Å²) in [5.41, 5.74) is -1.34. The highest BCUT2D eigenvalue weighted by atomic mass is 32.1. The summed E-state index contributed by atoms with van der Waals surface area (Å²) in [6.07, 6.45) is 0. The van der Waals surface area contributed by atoms with Crippen LogP contribution in [-0.2, 0) is 9.53 Å². The molecule has 0 saturated carbocycles. The number of esters is 1. The van der Waals surface area contributed by atoms with E-state index in [1.807, 2.05) is 0 Å². The van der Waals surface area contributed by atoms with Crippen molar-refractivity contribution in [3.05, 3.63) is 0 Å². The summed E-state index contributed by atoms with van der Waals surface area (Å²) in [5.74, 6) is -1.07. The van der Waals surface area contributed by atoms with Gasteiger partial charge in [0.15, 0.2) is 5.11 Å². The van der Waals surface area contributed by atoms with Crippen molar-refractivity contribution in [2.24, 2.45) is 5.92 Å². The normalized spacial score (nSPS) is 31.6. The summed E-state index contributed by atoms with van der Waals surface area (Å²) in [7, 11) is 0. The molecule has 1 aliphatic rings. The van der Waals surface area contributed by atoms with Gasteiger partial charge in [0.05, 0.1) is 6.61 Å². The van der Waals surface area contributed by atoms with Gasteiger partial charge in [-0.3, -0.25) is 4.79 Å². The standard InChI is InChI=1S/C8H14N2O3S/c1-3-13-6(11)5-4-9-7(14)10-8(5,2)12/h5,12H,3-4H2,1-2H3,(H2,9,10,14)/t5-,8+/m1/s1. The van der Waals surface area contributed by atoms with Gasteiger partial charge in [0.25, 0.3) is 0 Å². The number of nitrogens with one attached hydrogen (secondary N) is 2. The van der Waals surface area contributed by atoms with Crippen LogP contribution in [0.1, 0.15) is 13.8 Å². The van der Waals surface area contributed by atoms with Crippen molar-refractivity contribution >= 4 is 23.3 Å². The fraction of sp³-hybridized carbons (Fsp3) is 0.750. The molecular formula is C8H14N2O3S. The summed E-state index contributed by atoms with van der Waals surface area (Å²) in [4.78, 5) is 11.4. The third-order valence-corrected chi connectivity index (χ3v) is 2.33. The third kappa shape index (κ3) is 2.33. The maximum atomic E-state index is 11.4. The number of carbonyl (C=O) groups is 1. The Balaban J connectivity index is 2.68. The predicted octanol–water partition coefficient (Wildman–Crippen LogP) is -0.648. The first-order valence-electron chi connectivity index (χ1n) is 4.42. The zero-order chi connectivity index (χ0) is 10.8. The van der Waals surface area contributed by atoms with Gasteiger partial charge in [0, 0.05) is 6.54 Å². The summed E-state index contributed by atoms with van der Waals surface area (Å²) in [5, 5.41) is 15.6. The molecular weight excluding hydrogens is 204 g/mol. The van der Waals surface area contributed by atoms with E-state index in [1.54, 1.807) is 6.92 Å². The minimum absolute atomic E-state index is 0.289. The maximum absolute atomic E-state index is 11.4. The number of hydrogen-bond acceptors (Lipinski definition) is 4. The molecule has 0 aromatic rings. The quantitative estimate of drug-likeness (QED) is 0.423. The second kappa shape index (κ2) is 4.10. The molecule has 0 aromatic carbocycles. The number of hydrogen-bond donors (Lipinski definition) is 3. The lowest BCUT2D eigenvalue weighted by Crippen LogP contribution is -2.64. The van der Waals surface area contributed by atoms with Crippen molar-refractivity contribution in [1.29, 1.82) is 0 Å². The Morgan fingerprint density at radius 2 is 2.50 bits per heavy atom. The SMILES string of the molecule is CCOC(=O)[C@H]1CNC(=S)N[C@@]1(C)O. The van der Waals surface area contributed by atoms with E-state index in [0.29, 0.717) is 11.7 Å². The van der Waals surface area contributed by atoms with E-state index in [4.69, 9.17) is 17.0 Å². The second-order valence-electron chi connectivity index (χ2n) is 3.29. The van der Waals surface area contributed by atoms with Crippen molar-refractivity contribution in [3.63, 3.8) is 0 Å². The molecule has 0 aliphatic carbocycles. The molecule has 80 valence electrons. The van der Waals surface area contributed by atoms with E-state index in [0.717, 1.165) is 0 Å². The number of carbonyl (C=O) groups excluding carboxylic acids is 1. The highest BCUT2D eigenvalue weighted by Gasteiger charge is 2.42. The molecule has 0 aromatic heterocycles. The topological polar surface area (TPSA) is 70.6 Å². The smallest absolute Gasteiger partial charge is 0.315 e. The van der Waals surface area contributed by atoms with Gasteiger partial charge in [0.1, 0.15) is 11.6 Å². The van der Waals surface area contributed by atoms with Crippen molar-refractivity contribution in [1.82, 2.24) is 10.6 Å². The minimum Gasteiger partial charge on any atom is -0.466 e. The Morgan fingerprint density at radius 1 is 1.86 bits per heavy atom. The summed E-state index contributed by atoms with van der Waals surface area (Å²) in [6, 6.07) is 0. The van der Waals surface area contributed by atoms with Crippen LogP contribution >= 0.6 is 12.2 Å². The fourth-order valence-corrected chi connectivity index (χ4v) is 1.60. The molecule has 1 heterocycles. The van der Waals surface area contributed by atoms with E-state index in [1.165, 1.54) is 6.92 Å². The number of rotatable bonds is 2. The molecule has 6 heteroatoms. The maximum Gasteiger partial charge on any atom is 0.315 e. The lowest BCUT2D eigenvalue weighted by Gasteiger charge is -2.37. The summed E-state index contributed by atoms with van der Waals surface area (Å²) >= 11 is 4.82. The molecule has 14 heavy (non-hydrogen) atoms. The van der Waals surface area contributed by atoms with E-state index in [9.17, 15) is 9.90 Å². The Bertz CT molecular complexity index is 255. The van der Waals surface area contributed by atoms with Crippen LogP contribution in [0.4, 0.5) is 0 Å². The highest BCUT2D eigenvalue weighted by Crippen LogP contribution is 2.18. The van der Waals surface area contributed by atoms with Gasteiger partial charge in [-0.2, -0.15) is 0 Å². The second-order valence-corrected chi connectivity index (χ2v) is 3.70. The molecule has 0 spiro atoms. The molecule has 0 bridgehead atoms. The van der Waals surface area contributed by atoms with Gasteiger partial charge >= 0.3 is 5.97 Å². The van der Waals surface area contributed by atoms with E-state index in [-0.39, 0.29) is 6.54 Å². The van der Waals surface area contributed by atoms with Crippen LogP contribution in [0.5, 0.6) is 0 Å². The van der Waals surface area contributed by atoms with Crippen LogP contribution in [0.25, 0.3) is 0 Å². The third-order valence-electron chi connectivity index (χ3n) is 2.08. The first kappa shape index (κ1) is 11.2. The molecule has 5 nitrogen and oxygen atoms in total. The van der Waals surface area contributed by atoms with Gasteiger partial charge in [-0.1, -0.05) is 0 Å². The molecule has 1 aliphatic heterocycles. The highest BCUT2D eigenvalue weighted by molar-refractivity contribution is 7.80. The van der Waals surface area contributed by atoms with Crippen molar-refractivity contribution in [2.45, 2.75) is 19.6 Å². The van der Waals surface area contributed by atoms with Gasteiger partial charge in [-0.15, -0.1) is 0 Å². The summed E-state index contributed by atoms with van der Waals surface area (Å²) in [6.45, 7) is 3.82. The van der Waals surface area contributed by atoms with E-state index in [2.05, 4.69) is 10.6 Å². The van der Waals surface area contributed by atoms with Crippen LogP contribution < -0.4 is 10.6 Å².